The summed E-state index contributed by atoms with van der Waals surface area (Å²) in [5.41, 5.74) is 0. The fourth-order valence-corrected chi connectivity index (χ4v) is 1.01. The highest BCUT2D eigenvalue weighted by molar-refractivity contribution is 9.09. The van der Waals surface area contributed by atoms with Gasteiger partial charge in [-0.15, -0.1) is 0 Å². The smallest absolute Gasteiger partial charge is 0.243 e. The van der Waals surface area contributed by atoms with Crippen molar-refractivity contribution in [3.63, 3.8) is 0 Å². The van der Waals surface area contributed by atoms with Crippen LogP contribution in [0.2, 0.25) is 0 Å². The highest BCUT2D eigenvalue weighted by Crippen LogP contribution is 1.86. The molecule has 0 saturated heterocycles. The Morgan fingerprint density at radius 3 is 2.29 bits per heavy atom. The molecule has 0 saturated carbocycles. The molecule has 0 spiro atoms. The Bertz CT molecular complexity index is 207. The van der Waals surface area contributed by atoms with Crippen molar-refractivity contribution < 1.29 is 9.59 Å². The van der Waals surface area contributed by atoms with Crippen LogP contribution < -0.4 is 10.6 Å². The lowest BCUT2D eigenvalue weighted by molar-refractivity contribution is -0.118. The maximum atomic E-state index is 10.8. The molecule has 2 amide bonds. The molecule has 0 aliphatic heterocycles. The van der Waals surface area contributed by atoms with Gasteiger partial charge in [-0.2, -0.15) is 0 Å². The van der Waals surface area contributed by atoms with Gasteiger partial charge in [-0.1, -0.05) is 22.5 Å². The minimum Gasteiger partial charge on any atom is -0.355 e. The molecule has 0 aromatic carbocycles. The monoisotopic (exact) mass is 262 g/mol. The van der Waals surface area contributed by atoms with Crippen LogP contribution in [0.15, 0.2) is 12.7 Å². The second-order valence-corrected chi connectivity index (χ2v) is 3.25. The minimum atomic E-state index is -0.158. The molecular formula is C9H15BrN2O2. The standard InChI is InChI=1S/C9H15BrN2O2/c1-2-8(13)11-5-3-4-6-12-9(14)7-10/h2H,1,3-7H2,(H,11,13)(H,12,14). The molecule has 0 fully saturated rings. The van der Waals surface area contributed by atoms with E-state index in [0.717, 1.165) is 12.8 Å². The zero-order valence-electron chi connectivity index (χ0n) is 8.01. The Morgan fingerprint density at radius 2 is 1.79 bits per heavy atom. The highest BCUT2D eigenvalue weighted by atomic mass is 79.9. The van der Waals surface area contributed by atoms with Crippen molar-refractivity contribution in [2.75, 3.05) is 18.4 Å². The molecule has 2 N–H and O–H groups in total. The summed E-state index contributed by atoms with van der Waals surface area (Å²) in [6.07, 6.45) is 2.95. The maximum Gasteiger partial charge on any atom is 0.243 e. The first-order valence-electron chi connectivity index (χ1n) is 4.43. The predicted octanol–water partition coefficient (Wildman–Crippen LogP) is 0.580. The van der Waals surface area contributed by atoms with Crippen LogP contribution in [-0.4, -0.2) is 30.2 Å². The number of carbonyl (C=O) groups excluding carboxylic acids is 2. The third-order valence-electron chi connectivity index (χ3n) is 1.53. The molecule has 0 bridgehead atoms. The lowest BCUT2D eigenvalue weighted by Crippen LogP contribution is -2.27. The van der Waals surface area contributed by atoms with Gasteiger partial charge in [0.1, 0.15) is 0 Å². The van der Waals surface area contributed by atoms with E-state index in [4.69, 9.17) is 0 Å². The Kier molecular flexibility index (Phi) is 8.22. The van der Waals surface area contributed by atoms with E-state index in [1.54, 1.807) is 0 Å². The van der Waals surface area contributed by atoms with Gasteiger partial charge < -0.3 is 10.6 Å². The first kappa shape index (κ1) is 13.2. The molecule has 0 aliphatic rings. The van der Waals surface area contributed by atoms with Crippen LogP contribution in [0.4, 0.5) is 0 Å². The van der Waals surface area contributed by atoms with Gasteiger partial charge in [-0.25, -0.2) is 0 Å². The van der Waals surface area contributed by atoms with Crippen molar-refractivity contribution in [1.29, 1.82) is 0 Å². The van der Waals surface area contributed by atoms with E-state index >= 15 is 0 Å². The number of unbranched alkanes of at least 4 members (excludes halogenated alkanes) is 1. The van der Waals surface area contributed by atoms with E-state index in [2.05, 4.69) is 33.1 Å². The topological polar surface area (TPSA) is 58.2 Å². The molecule has 0 heterocycles. The van der Waals surface area contributed by atoms with E-state index in [-0.39, 0.29) is 11.8 Å². The summed E-state index contributed by atoms with van der Waals surface area (Å²) in [7, 11) is 0. The third-order valence-corrected chi connectivity index (χ3v) is 2.04. The molecule has 0 aromatic rings. The number of rotatable bonds is 7. The molecule has 0 aromatic heterocycles. The molecule has 80 valence electrons. The van der Waals surface area contributed by atoms with Gasteiger partial charge in [-0.05, 0) is 18.9 Å². The van der Waals surface area contributed by atoms with Gasteiger partial charge in [0.05, 0.1) is 5.33 Å². The third kappa shape index (κ3) is 7.79. The van der Waals surface area contributed by atoms with Crippen molar-refractivity contribution in [2.24, 2.45) is 0 Å². The van der Waals surface area contributed by atoms with E-state index in [1.165, 1.54) is 6.08 Å². The van der Waals surface area contributed by atoms with Crippen LogP contribution in [-0.2, 0) is 9.59 Å². The fraction of sp³-hybridized carbons (Fsp3) is 0.556. The molecule has 0 aliphatic carbocycles. The molecule has 0 atom stereocenters. The summed E-state index contributed by atoms with van der Waals surface area (Å²) in [6, 6.07) is 0. The summed E-state index contributed by atoms with van der Waals surface area (Å²) < 4.78 is 0. The normalized spacial score (nSPS) is 9.21. The fourth-order valence-electron chi connectivity index (χ4n) is 0.809. The average molecular weight is 263 g/mol. The average Bonchev–Trinajstić information content (AvgIpc) is 2.22. The van der Waals surface area contributed by atoms with Crippen molar-refractivity contribution >= 4 is 27.7 Å². The minimum absolute atomic E-state index is 0.0138. The van der Waals surface area contributed by atoms with Gasteiger partial charge in [0.15, 0.2) is 0 Å². The zero-order valence-corrected chi connectivity index (χ0v) is 9.60. The van der Waals surface area contributed by atoms with Crippen molar-refractivity contribution in [3.05, 3.63) is 12.7 Å². The number of amides is 2. The second kappa shape index (κ2) is 8.74. The first-order chi connectivity index (χ1) is 6.70. The van der Waals surface area contributed by atoms with Crippen molar-refractivity contribution in [1.82, 2.24) is 10.6 Å². The molecule has 0 rings (SSSR count). The van der Waals surface area contributed by atoms with Crippen LogP contribution in [0.3, 0.4) is 0 Å². The summed E-state index contributed by atoms with van der Waals surface area (Å²) in [5, 5.41) is 5.70. The van der Waals surface area contributed by atoms with E-state index < -0.39 is 0 Å². The second-order valence-electron chi connectivity index (χ2n) is 2.69. The Hall–Kier alpha value is -0.840. The van der Waals surface area contributed by atoms with Gasteiger partial charge in [0.25, 0.3) is 0 Å². The van der Waals surface area contributed by atoms with Gasteiger partial charge in [-0.3, -0.25) is 9.59 Å². The summed E-state index contributed by atoms with van der Waals surface area (Å²) in [4.78, 5) is 21.5. The van der Waals surface area contributed by atoms with Gasteiger partial charge in [0.2, 0.25) is 11.8 Å². The maximum absolute atomic E-state index is 10.8. The van der Waals surface area contributed by atoms with Crippen molar-refractivity contribution in [2.45, 2.75) is 12.8 Å². The van der Waals surface area contributed by atoms with Crippen LogP contribution >= 0.6 is 15.9 Å². The molecule has 0 unspecified atom stereocenters. The summed E-state index contributed by atoms with van der Waals surface area (Å²) in [6.45, 7) is 4.60. The molecular weight excluding hydrogens is 248 g/mol. The Balaban J connectivity index is 3.18. The number of nitrogens with one attached hydrogen (secondary N) is 2. The lowest BCUT2D eigenvalue weighted by Gasteiger charge is -2.03. The largest absolute Gasteiger partial charge is 0.355 e. The Morgan fingerprint density at radius 1 is 1.21 bits per heavy atom. The van der Waals surface area contributed by atoms with Crippen LogP contribution in [0.5, 0.6) is 0 Å². The number of alkyl halides is 1. The number of hydrogen-bond acceptors (Lipinski definition) is 2. The summed E-state index contributed by atoms with van der Waals surface area (Å²) >= 11 is 3.05. The molecule has 14 heavy (non-hydrogen) atoms. The lowest BCUT2D eigenvalue weighted by atomic mass is 10.3. The SMILES string of the molecule is C=CC(=O)NCCCCNC(=O)CBr. The number of halogens is 1. The van der Waals surface area contributed by atoms with E-state index in [0.29, 0.717) is 18.4 Å². The quantitative estimate of drug-likeness (QED) is 0.401. The van der Waals surface area contributed by atoms with E-state index in [9.17, 15) is 9.59 Å². The predicted molar refractivity (Wildman–Crippen MR) is 59.2 cm³/mol. The van der Waals surface area contributed by atoms with Gasteiger partial charge in [0, 0.05) is 13.1 Å². The van der Waals surface area contributed by atoms with Crippen LogP contribution in [0.25, 0.3) is 0 Å². The molecule has 4 nitrogen and oxygen atoms in total. The van der Waals surface area contributed by atoms with E-state index in [1.807, 2.05) is 0 Å². The number of carbonyl (C=O) groups is 2. The summed E-state index contributed by atoms with van der Waals surface area (Å²) in [5.74, 6) is -0.172. The first-order valence-corrected chi connectivity index (χ1v) is 5.55. The van der Waals surface area contributed by atoms with Crippen LogP contribution in [0.1, 0.15) is 12.8 Å². The van der Waals surface area contributed by atoms with Crippen molar-refractivity contribution in [3.8, 4) is 0 Å². The highest BCUT2D eigenvalue weighted by Gasteiger charge is 1.96. The molecule has 0 radical (unpaired) electrons. The number of hydrogen-bond donors (Lipinski definition) is 2. The Labute approximate surface area is 92.3 Å². The molecule has 5 heteroatoms. The van der Waals surface area contributed by atoms with Crippen LogP contribution in [0, 0.1) is 0 Å². The zero-order chi connectivity index (χ0) is 10.8. The van der Waals surface area contributed by atoms with Gasteiger partial charge >= 0.3 is 0 Å².